The van der Waals surface area contributed by atoms with E-state index in [0.29, 0.717) is 12.5 Å². The van der Waals surface area contributed by atoms with E-state index < -0.39 is 30.4 Å². The SMILES string of the molecule is CC1CCC(CNC(=O)N[C@@H](CC(N)=O)C(=O)O)CC1. The molecular weight excluding hydrogens is 262 g/mol. The van der Waals surface area contributed by atoms with Crippen LogP contribution < -0.4 is 16.4 Å². The number of hydrogen-bond acceptors (Lipinski definition) is 3. The van der Waals surface area contributed by atoms with Gasteiger partial charge in [-0.05, 0) is 24.7 Å². The molecule has 0 aromatic heterocycles. The fourth-order valence-electron chi connectivity index (χ4n) is 2.38. The van der Waals surface area contributed by atoms with Crippen LogP contribution in [0.3, 0.4) is 0 Å². The molecule has 1 aliphatic rings. The topological polar surface area (TPSA) is 122 Å². The van der Waals surface area contributed by atoms with E-state index in [1.807, 2.05) is 0 Å². The summed E-state index contributed by atoms with van der Waals surface area (Å²) in [5.41, 5.74) is 4.94. The molecule has 0 heterocycles. The summed E-state index contributed by atoms with van der Waals surface area (Å²) in [6.45, 7) is 2.75. The normalized spacial score (nSPS) is 23.6. The second kappa shape index (κ2) is 7.72. The minimum atomic E-state index is -1.28. The zero-order valence-electron chi connectivity index (χ0n) is 11.7. The first kappa shape index (κ1) is 16.3. The van der Waals surface area contributed by atoms with Crippen molar-refractivity contribution in [2.24, 2.45) is 17.6 Å². The molecule has 1 aliphatic carbocycles. The Bertz CT molecular complexity index is 365. The molecule has 0 aromatic carbocycles. The van der Waals surface area contributed by atoms with E-state index in [1.165, 1.54) is 0 Å². The molecule has 7 heteroatoms. The van der Waals surface area contributed by atoms with Crippen molar-refractivity contribution in [3.8, 4) is 0 Å². The predicted octanol–water partition coefficient (Wildman–Crippen LogP) is 0.441. The fourth-order valence-corrected chi connectivity index (χ4v) is 2.38. The average Bonchev–Trinajstić information content (AvgIpc) is 2.36. The number of rotatable bonds is 6. The predicted molar refractivity (Wildman–Crippen MR) is 72.9 cm³/mol. The molecule has 20 heavy (non-hydrogen) atoms. The second-order valence-corrected chi connectivity index (χ2v) is 5.54. The van der Waals surface area contributed by atoms with Crippen LogP contribution >= 0.6 is 0 Å². The van der Waals surface area contributed by atoms with Crippen molar-refractivity contribution in [2.45, 2.75) is 45.1 Å². The van der Waals surface area contributed by atoms with Gasteiger partial charge in [-0.1, -0.05) is 19.8 Å². The first-order valence-electron chi connectivity index (χ1n) is 6.94. The van der Waals surface area contributed by atoms with Crippen molar-refractivity contribution in [3.05, 3.63) is 0 Å². The summed E-state index contributed by atoms with van der Waals surface area (Å²) in [5.74, 6) is -0.854. The van der Waals surface area contributed by atoms with Gasteiger partial charge < -0.3 is 21.5 Å². The molecule has 0 aromatic rings. The van der Waals surface area contributed by atoms with Crippen LogP contribution in [0.4, 0.5) is 4.79 Å². The Labute approximate surface area is 118 Å². The number of nitrogens with one attached hydrogen (secondary N) is 2. The number of primary amides is 1. The molecule has 1 rings (SSSR count). The maximum Gasteiger partial charge on any atom is 0.326 e. The lowest BCUT2D eigenvalue weighted by molar-refractivity contribution is -0.140. The number of nitrogens with two attached hydrogens (primary N) is 1. The zero-order valence-corrected chi connectivity index (χ0v) is 11.7. The highest BCUT2D eigenvalue weighted by atomic mass is 16.4. The molecule has 3 amide bonds. The monoisotopic (exact) mass is 285 g/mol. The molecule has 1 atom stereocenters. The average molecular weight is 285 g/mol. The third-order valence-corrected chi connectivity index (χ3v) is 3.70. The maximum atomic E-state index is 11.6. The Morgan fingerprint density at radius 3 is 2.35 bits per heavy atom. The first-order valence-corrected chi connectivity index (χ1v) is 6.94. The fraction of sp³-hybridized carbons (Fsp3) is 0.769. The van der Waals surface area contributed by atoms with Crippen LogP contribution in [0.25, 0.3) is 0 Å². The van der Waals surface area contributed by atoms with Crippen LogP contribution in [0.2, 0.25) is 0 Å². The molecule has 7 nitrogen and oxygen atoms in total. The Morgan fingerprint density at radius 1 is 1.25 bits per heavy atom. The van der Waals surface area contributed by atoms with Crippen LogP contribution in [-0.4, -0.2) is 35.6 Å². The van der Waals surface area contributed by atoms with Gasteiger partial charge in [-0.2, -0.15) is 0 Å². The van der Waals surface area contributed by atoms with Gasteiger partial charge in [0.15, 0.2) is 0 Å². The van der Waals surface area contributed by atoms with Gasteiger partial charge in [0, 0.05) is 6.54 Å². The quantitative estimate of drug-likeness (QED) is 0.565. The van der Waals surface area contributed by atoms with Crippen molar-refractivity contribution in [1.29, 1.82) is 0 Å². The molecule has 0 spiro atoms. The van der Waals surface area contributed by atoms with Crippen molar-refractivity contribution >= 4 is 17.9 Å². The van der Waals surface area contributed by atoms with Crippen LogP contribution in [0, 0.1) is 11.8 Å². The van der Waals surface area contributed by atoms with Gasteiger partial charge in [0.05, 0.1) is 6.42 Å². The van der Waals surface area contributed by atoms with Gasteiger partial charge in [-0.15, -0.1) is 0 Å². The molecule has 0 bridgehead atoms. The minimum absolute atomic E-state index is 0.413. The third-order valence-electron chi connectivity index (χ3n) is 3.70. The van der Waals surface area contributed by atoms with E-state index >= 15 is 0 Å². The number of carbonyl (C=O) groups excluding carboxylic acids is 2. The summed E-state index contributed by atoms with van der Waals surface area (Å²) in [4.78, 5) is 33.2. The maximum absolute atomic E-state index is 11.6. The van der Waals surface area contributed by atoms with Crippen molar-refractivity contribution in [3.63, 3.8) is 0 Å². The number of urea groups is 1. The van der Waals surface area contributed by atoms with Crippen molar-refractivity contribution < 1.29 is 19.5 Å². The Hall–Kier alpha value is -1.79. The van der Waals surface area contributed by atoms with E-state index in [2.05, 4.69) is 17.6 Å². The van der Waals surface area contributed by atoms with Gasteiger partial charge in [0.2, 0.25) is 5.91 Å². The standard InChI is InChI=1S/C13H23N3O4/c1-8-2-4-9(5-3-8)7-15-13(20)16-10(12(18)19)6-11(14)17/h8-10H,2-7H2,1H3,(H2,14,17)(H,18,19)(H2,15,16,20)/t8?,9?,10-/m0/s1. The Balaban J connectivity index is 2.31. The van der Waals surface area contributed by atoms with Gasteiger partial charge in [0.25, 0.3) is 0 Å². The lowest BCUT2D eigenvalue weighted by Crippen LogP contribution is -2.48. The molecule has 0 radical (unpaired) electrons. The van der Waals surface area contributed by atoms with Crippen molar-refractivity contribution in [1.82, 2.24) is 10.6 Å². The summed E-state index contributed by atoms with van der Waals surface area (Å²) in [6.07, 6.45) is 4.06. The second-order valence-electron chi connectivity index (χ2n) is 5.54. The molecule has 1 fully saturated rings. The van der Waals surface area contributed by atoms with E-state index in [0.717, 1.165) is 31.6 Å². The van der Waals surface area contributed by atoms with Gasteiger partial charge in [0.1, 0.15) is 6.04 Å². The summed E-state index contributed by atoms with van der Waals surface area (Å²) in [7, 11) is 0. The van der Waals surface area contributed by atoms with E-state index in [9.17, 15) is 14.4 Å². The summed E-state index contributed by atoms with van der Waals surface area (Å²) >= 11 is 0. The molecule has 114 valence electrons. The summed E-state index contributed by atoms with van der Waals surface area (Å²) in [6, 6.07) is -1.85. The zero-order chi connectivity index (χ0) is 15.1. The highest BCUT2D eigenvalue weighted by Crippen LogP contribution is 2.27. The summed E-state index contributed by atoms with van der Waals surface area (Å²) < 4.78 is 0. The van der Waals surface area contributed by atoms with Gasteiger partial charge >= 0.3 is 12.0 Å². The molecular formula is C13H23N3O4. The number of hydrogen-bond donors (Lipinski definition) is 4. The van der Waals surface area contributed by atoms with Crippen LogP contribution in [0.15, 0.2) is 0 Å². The molecule has 0 saturated heterocycles. The van der Waals surface area contributed by atoms with Crippen molar-refractivity contribution in [2.75, 3.05) is 6.54 Å². The number of carboxylic acid groups (broad SMARTS) is 1. The first-order chi connectivity index (χ1) is 9.38. The highest BCUT2D eigenvalue weighted by Gasteiger charge is 2.23. The van der Waals surface area contributed by atoms with E-state index in [1.54, 1.807) is 0 Å². The Kier molecular flexibility index (Phi) is 6.27. The number of carboxylic acids is 1. The summed E-state index contributed by atoms with van der Waals surface area (Å²) in [5, 5.41) is 13.8. The molecule has 0 unspecified atom stereocenters. The highest BCUT2D eigenvalue weighted by molar-refractivity contribution is 5.87. The largest absolute Gasteiger partial charge is 0.480 e. The molecule has 5 N–H and O–H groups in total. The van der Waals surface area contributed by atoms with Crippen LogP contribution in [0.1, 0.15) is 39.0 Å². The molecule has 1 saturated carbocycles. The number of carbonyl (C=O) groups is 3. The lowest BCUT2D eigenvalue weighted by atomic mass is 9.83. The number of aliphatic carboxylic acids is 1. The minimum Gasteiger partial charge on any atom is -0.480 e. The van der Waals surface area contributed by atoms with E-state index in [-0.39, 0.29) is 0 Å². The lowest BCUT2D eigenvalue weighted by Gasteiger charge is -2.26. The van der Waals surface area contributed by atoms with Crippen LogP contribution in [-0.2, 0) is 9.59 Å². The van der Waals surface area contributed by atoms with Gasteiger partial charge in [-0.25, -0.2) is 9.59 Å². The third kappa shape index (κ3) is 5.90. The van der Waals surface area contributed by atoms with E-state index in [4.69, 9.17) is 10.8 Å². The van der Waals surface area contributed by atoms with Gasteiger partial charge in [-0.3, -0.25) is 4.79 Å². The Morgan fingerprint density at radius 2 is 1.85 bits per heavy atom. The molecule has 0 aliphatic heterocycles. The number of amides is 3. The smallest absolute Gasteiger partial charge is 0.326 e. The van der Waals surface area contributed by atoms with Crippen LogP contribution in [0.5, 0.6) is 0 Å².